The van der Waals surface area contributed by atoms with Crippen molar-refractivity contribution in [1.82, 2.24) is 5.32 Å². The van der Waals surface area contributed by atoms with Gasteiger partial charge < -0.3 is 10.6 Å². The average Bonchev–Trinajstić information content (AvgIpc) is 2.68. The normalized spacial score (nSPS) is 11.8. The van der Waals surface area contributed by atoms with Crippen LogP contribution in [0.2, 0.25) is 0 Å². The van der Waals surface area contributed by atoms with Crippen LogP contribution < -0.4 is 10.6 Å². The van der Waals surface area contributed by atoms with Crippen molar-refractivity contribution in [3.05, 3.63) is 102 Å². The maximum Gasteiger partial charge on any atom is 0.242 e. The number of hydrogen-bond acceptors (Lipinski definition) is 2. The van der Waals surface area contributed by atoms with Crippen LogP contribution in [0.1, 0.15) is 24.1 Å². The number of amides is 1. The minimum atomic E-state index is -0.336. The largest absolute Gasteiger partial charge is 0.374 e. The maximum atomic E-state index is 12.7. The molecule has 0 unspecified atom stereocenters. The highest BCUT2D eigenvalue weighted by Crippen LogP contribution is 2.22. The van der Waals surface area contributed by atoms with E-state index in [1.54, 1.807) is 0 Å². The van der Waals surface area contributed by atoms with Crippen LogP contribution in [-0.4, -0.2) is 11.9 Å². The highest BCUT2D eigenvalue weighted by atomic mass is 16.2. The van der Waals surface area contributed by atoms with Crippen molar-refractivity contribution >= 4 is 11.6 Å². The monoisotopic (exact) mass is 330 g/mol. The number of anilines is 1. The molecule has 0 fully saturated rings. The summed E-state index contributed by atoms with van der Waals surface area (Å²) >= 11 is 0. The molecule has 0 radical (unpaired) electrons. The smallest absolute Gasteiger partial charge is 0.242 e. The molecule has 3 nitrogen and oxygen atoms in total. The topological polar surface area (TPSA) is 41.1 Å². The van der Waals surface area contributed by atoms with E-state index in [1.807, 2.05) is 97.9 Å². The van der Waals surface area contributed by atoms with Gasteiger partial charge >= 0.3 is 0 Å². The van der Waals surface area contributed by atoms with Gasteiger partial charge in [0.15, 0.2) is 0 Å². The third-order valence-corrected chi connectivity index (χ3v) is 4.10. The Bertz CT molecular complexity index is 749. The third kappa shape index (κ3) is 4.48. The molecule has 0 bridgehead atoms. The van der Waals surface area contributed by atoms with Gasteiger partial charge in [0.25, 0.3) is 0 Å². The second-order valence-electron chi connectivity index (χ2n) is 6.00. The van der Waals surface area contributed by atoms with Crippen molar-refractivity contribution in [3.63, 3.8) is 0 Å². The number of rotatable bonds is 6. The highest BCUT2D eigenvalue weighted by Gasteiger charge is 2.20. The van der Waals surface area contributed by atoms with Crippen LogP contribution in [0.4, 0.5) is 5.69 Å². The van der Waals surface area contributed by atoms with E-state index in [1.165, 1.54) is 0 Å². The van der Waals surface area contributed by atoms with Crippen LogP contribution in [0.25, 0.3) is 0 Å². The SMILES string of the molecule is C[C@H](Nc1ccccc1)C(=O)NC(c1ccccc1)c1ccccc1. The number of benzene rings is 3. The zero-order chi connectivity index (χ0) is 17.5. The van der Waals surface area contributed by atoms with Gasteiger partial charge in [-0.3, -0.25) is 4.79 Å². The number of nitrogens with one attached hydrogen (secondary N) is 2. The molecular formula is C22H22N2O. The molecule has 3 rings (SSSR count). The average molecular weight is 330 g/mol. The molecule has 0 saturated heterocycles. The van der Waals surface area contributed by atoms with Gasteiger partial charge in [-0.05, 0) is 30.2 Å². The van der Waals surface area contributed by atoms with Crippen LogP contribution in [0.15, 0.2) is 91.0 Å². The van der Waals surface area contributed by atoms with Crippen molar-refractivity contribution in [2.24, 2.45) is 0 Å². The van der Waals surface area contributed by atoms with E-state index in [-0.39, 0.29) is 18.0 Å². The summed E-state index contributed by atoms with van der Waals surface area (Å²) in [6.07, 6.45) is 0. The number of carbonyl (C=O) groups is 1. The molecule has 3 aromatic rings. The summed E-state index contributed by atoms with van der Waals surface area (Å²) in [5.41, 5.74) is 3.06. The quantitative estimate of drug-likeness (QED) is 0.703. The molecule has 0 aliphatic carbocycles. The third-order valence-electron chi connectivity index (χ3n) is 4.10. The second kappa shape index (κ2) is 8.15. The molecule has 3 heteroatoms. The van der Waals surface area contributed by atoms with E-state index in [9.17, 15) is 4.79 Å². The van der Waals surface area contributed by atoms with E-state index >= 15 is 0 Å². The predicted octanol–water partition coefficient (Wildman–Crippen LogP) is 4.39. The van der Waals surface area contributed by atoms with E-state index in [0.717, 1.165) is 16.8 Å². The lowest BCUT2D eigenvalue weighted by Gasteiger charge is -2.23. The molecule has 0 spiro atoms. The molecule has 126 valence electrons. The lowest BCUT2D eigenvalue weighted by atomic mass is 9.98. The number of carbonyl (C=O) groups excluding carboxylic acids is 1. The molecule has 2 N–H and O–H groups in total. The van der Waals surface area contributed by atoms with Crippen molar-refractivity contribution in [3.8, 4) is 0 Å². The Labute approximate surface area is 148 Å². The van der Waals surface area contributed by atoms with Gasteiger partial charge in [-0.2, -0.15) is 0 Å². The molecule has 1 amide bonds. The Morgan fingerprint density at radius 2 is 1.16 bits per heavy atom. The van der Waals surface area contributed by atoms with E-state index in [0.29, 0.717) is 0 Å². The summed E-state index contributed by atoms with van der Waals surface area (Å²) in [5.74, 6) is -0.0402. The zero-order valence-electron chi connectivity index (χ0n) is 14.2. The Balaban J connectivity index is 1.77. The minimum absolute atomic E-state index is 0.0402. The Morgan fingerprint density at radius 1 is 0.720 bits per heavy atom. The zero-order valence-corrected chi connectivity index (χ0v) is 14.2. The summed E-state index contributed by atoms with van der Waals surface area (Å²) < 4.78 is 0. The molecule has 0 aliphatic heterocycles. The number of para-hydroxylation sites is 1. The highest BCUT2D eigenvalue weighted by molar-refractivity contribution is 5.84. The van der Waals surface area contributed by atoms with Crippen molar-refractivity contribution in [2.75, 3.05) is 5.32 Å². The summed E-state index contributed by atoms with van der Waals surface area (Å²) in [4.78, 5) is 12.7. The Hall–Kier alpha value is -3.07. The first-order valence-electron chi connectivity index (χ1n) is 8.46. The van der Waals surface area contributed by atoms with Gasteiger partial charge in [0, 0.05) is 5.69 Å². The molecule has 1 atom stereocenters. The van der Waals surface area contributed by atoms with Gasteiger partial charge in [0.2, 0.25) is 5.91 Å². The summed E-state index contributed by atoms with van der Waals surface area (Å²) in [5, 5.41) is 6.41. The molecule has 0 saturated carbocycles. The number of hydrogen-bond donors (Lipinski definition) is 2. The molecule has 3 aromatic carbocycles. The fraction of sp³-hybridized carbons (Fsp3) is 0.136. The van der Waals surface area contributed by atoms with Gasteiger partial charge in [-0.1, -0.05) is 78.9 Å². The van der Waals surface area contributed by atoms with Crippen LogP contribution >= 0.6 is 0 Å². The fourth-order valence-electron chi connectivity index (χ4n) is 2.77. The predicted molar refractivity (Wildman–Crippen MR) is 102 cm³/mol. The first-order chi connectivity index (χ1) is 12.2. The van der Waals surface area contributed by atoms with E-state index in [4.69, 9.17) is 0 Å². The Morgan fingerprint density at radius 3 is 1.64 bits per heavy atom. The van der Waals surface area contributed by atoms with Crippen LogP contribution in [0.5, 0.6) is 0 Å². The van der Waals surface area contributed by atoms with Gasteiger partial charge in [-0.15, -0.1) is 0 Å². The Kier molecular flexibility index (Phi) is 5.47. The summed E-state index contributed by atoms with van der Waals surface area (Å²) in [6, 6.07) is 29.3. The van der Waals surface area contributed by atoms with Crippen LogP contribution in [0, 0.1) is 0 Å². The van der Waals surface area contributed by atoms with Crippen molar-refractivity contribution in [2.45, 2.75) is 19.0 Å². The van der Waals surface area contributed by atoms with E-state index < -0.39 is 0 Å². The molecule has 0 aliphatic rings. The van der Waals surface area contributed by atoms with Crippen LogP contribution in [0.3, 0.4) is 0 Å². The van der Waals surface area contributed by atoms with Gasteiger partial charge in [0.1, 0.15) is 6.04 Å². The maximum absolute atomic E-state index is 12.7. The molecule has 25 heavy (non-hydrogen) atoms. The minimum Gasteiger partial charge on any atom is -0.374 e. The van der Waals surface area contributed by atoms with Crippen molar-refractivity contribution in [1.29, 1.82) is 0 Å². The standard InChI is InChI=1S/C22H22N2O/c1-17(23-20-15-9-4-10-16-20)22(25)24-21(18-11-5-2-6-12-18)19-13-7-3-8-14-19/h2-17,21,23H,1H3,(H,24,25)/t17-/m0/s1. The molecule has 0 heterocycles. The van der Waals surface area contributed by atoms with E-state index in [2.05, 4.69) is 10.6 Å². The summed E-state index contributed by atoms with van der Waals surface area (Å²) in [6.45, 7) is 1.87. The van der Waals surface area contributed by atoms with Gasteiger partial charge in [-0.25, -0.2) is 0 Å². The first-order valence-corrected chi connectivity index (χ1v) is 8.46. The molecular weight excluding hydrogens is 308 g/mol. The van der Waals surface area contributed by atoms with Gasteiger partial charge in [0.05, 0.1) is 6.04 Å². The lowest BCUT2D eigenvalue weighted by molar-refractivity contribution is -0.122. The summed E-state index contributed by atoms with van der Waals surface area (Å²) in [7, 11) is 0. The van der Waals surface area contributed by atoms with Crippen LogP contribution in [-0.2, 0) is 4.79 Å². The first kappa shape index (κ1) is 16.8. The van der Waals surface area contributed by atoms with Crippen molar-refractivity contribution < 1.29 is 4.79 Å². The second-order valence-corrected chi connectivity index (χ2v) is 6.00. The molecule has 0 aromatic heterocycles. The fourth-order valence-corrected chi connectivity index (χ4v) is 2.77. The lowest BCUT2D eigenvalue weighted by Crippen LogP contribution is -2.40.